The third kappa shape index (κ3) is 6.55. The Morgan fingerprint density at radius 1 is 1.00 bits per heavy atom. The normalized spacial score (nSPS) is 10.9. The van der Waals surface area contributed by atoms with Crippen molar-refractivity contribution in [3.8, 4) is 22.9 Å². The number of anilines is 1. The SMILES string of the molecule is CCOC(=O)c1c(-c2ccc(C)cc2)csc1NC(=O)/C(C#N)=C\c1ccc(OCc2ccccc2)cc1. The summed E-state index contributed by atoms with van der Waals surface area (Å²) in [6, 6.07) is 26.6. The maximum absolute atomic E-state index is 13.0. The lowest BCUT2D eigenvalue weighted by molar-refractivity contribution is -0.112. The van der Waals surface area contributed by atoms with E-state index in [2.05, 4.69) is 5.32 Å². The van der Waals surface area contributed by atoms with E-state index in [1.165, 1.54) is 17.4 Å². The molecule has 0 saturated carbocycles. The molecule has 0 aliphatic rings. The molecule has 0 bridgehead atoms. The van der Waals surface area contributed by atoms with Crippen molar-refractivity contribution in [2.24, 2.45) is 0 Å². The molecule has 1 heterocycles. The van der Waals surface area contributed by atoms with E-state index in [-0.39, 0.29) is 17.7 Å². The van der Waals surface area contributed by atoms with Gasteiger partial charge in [-0.1, -0.05) is 72.3 Å². The molecule has 1 aromatic heterocycles. The summed E-state index contributed by atoms with van der Waals surface area (Å²) in [5.74, 6) is -0.469. The first-order chi connectivity index (χ1) is 18.5. The van der Waals surface area contributed by atoms with Crippen LogP contribution in [0.3, 0.4) is 0 Å². The molecule has 0 unspecified atom stereocenters. The molecule has 190 valence electrons. The van der Waals surface area contributed by atoms with Gasteiger partial charge in [0.15, 0.2) is 0 Å². The highest BCUT2D eigenvalue weighted by Crippen LogP contribution is 2.36. The summed E-state index contributed by atoms with van der Waals surface area (Å²) in [4.78, 5) is 25.8. The molecule has 0 atom stereocenters. The average Bonchev–Trinajstić information content (AvgIpc) is 3.35. The number of benzene rings is 3. The third-order valence-electron chi connectivity index (χ3n) is 5.66. The van der Waals surface area contributed by atoms with Crippen LogP contribution in [0.1, 0.15) is 34.0 Å². The molecule has 0 fully saturated rings. The quantitative estimate of drug-likeness (QED) is 0.145. The second-order valence-corrected chi connectivity index (χ2v) is 9.29. The van der Waals surface area contributed by atoms with Gasteiger partial charge in [0.1, 0.15) is 34.6 Å². The Balaban J connectivity index is 1.51. The van der Waals surface area contributed by atoms with Crippen LogP contribution in [0.5, 0.6) is 5.75 Å². The summed E-state index contributed by atoms with van der Waals surface area (Å²) in [6.07, 6.45) is 1.49. The number of esters is 1. The van der Waals surface area contributed by atoms with Crippen molar-refractivity contribution < 1.29 is 19.1 Å². The van der Waals surface area contributed by atoms with Crippen LogP contribution in [0.25, 0.3) is 17.2 Å². The fraction of sp³-hybridized carbons (Fsp3) is 0.129. The predicted molar refractivity (Wildman–Crippen MR) is 150 cm³/mol. The standard InChI is InChI=1S/C31H26N2O4S/c1-3-36-31(35)28-27(24-13-9-21(2)10-14-24)20-38-30(28)33-29(34)25(18-32)17-22-11-15-26(16-12-22)37-19-23-7-5-4-6-8-23/h4-17,20H,3,19H2,1-2H3,(H,33,34)/b25-17-. The number of carbonyl (C=O) groups excluding carboxylic acids is 2. The highest BCUT2D eigenvalue weighted by Gasteiger charge is 2.23. The largest absolute Gasteiger partial charge is 0.489 e. The molecule has 0 saturated heterocycles. The number of aryl methyl sites for hydroxylation is 1. The predicted octanol–water partition coefficient (Wildman–Crippen LogP) is 7.02. The molecule has 4 aromatic rings. The lowest BCUT2D eigenvalue weighted by atomic mass is 10.0. The summed E-state index contributed by atoms with van der Waals surface area (Å²) in [5, 5.41) is 14.5. The Bertz CT molecular complexity index is 1480. The van der Waals surface area contributed by atoms with E-state index in [1.807, 2.05) is 67.6 Å². The minimum Gasteiger partial charge on any atom is -0.489 e. The van der Waals surface area contributed by atoms with Gasteiger partial charge in [-0.15, -0.1) is 11.3 Å². The molecule has 6 nitrogen and oxygen atoms in total. The van der Waals surface area contributed by atoms with E-state index >= 15 is 0 Å². The minimum atomic E-state index is -0.611. The highest BCUT2D eigenvalue weighted by molar-refractivity contribution is 7.15. The zero-order valence-corrected chi connectivity index (χ0v) is 21.9. The molecular formula is C31H26N2O4S. The van der Waals surface area contributed by atoms with E-state index in [1.54, 1.807) is 36.6 Å². The minimum absolute atomic E-state index is 0.0944. The first kappa shape index (κ1) is 26.4. The lowest BCUT2D eigenvalue weighted by Gasteiger charge is -2.09. The second kappa shape index (κ2) is 12.5. The molecule has 38 heavy (non-hydrogen) atoms. The van der Waals surface area contributed by atoms with Gasteiger partial charge in [-0.25, -0.2) is 4.79 Å². The molecule has 0 radical (unpaired) electrons. The number of amides is 1. The van der Waals surface area contributed by atoms with Crippen molar-refractivity contribution in [2.75, 3.05) is 11.9 Å². The van der Waals surface area contributed by atoms with Gasteiger partial charge in [0.25, 0.3) is 5.91 Å². The zero-order valence-electron chi connectivity index (χ0n) is 21.1. The third-order valence-corrected chi connectivity index (χ3v) is 6.56. The number of thiophene rings is 1. The number of rotatable bonds is 9. The monoisotopic (exact) mass is 522 g/mol. The van der Waals surface area contributed by atoms with Crippen LogP contribution >= 0.6 is 11.3 Å². The van der Waals surface area contributed by atoms with Crippen molar-refractivity contribution in [3.05, 3.63) is 112 Å². The number of carbonyl (C=O) groups is 2. The number of hydrogen-bond donors (Lipinski definition) is 1. The average molecular weight is 523 g/mol. The van der Waals surface area contributed by atoms with Crippen molar-refractivity contribution in [1.29, 1.82) is 5.26 Å². The Morgan fingerprint density at radius 2 is 1.71 bits per heavy atom. The Hall–Kier alpha value is -4.67. The molecular weight excluding hydrogens is 496 g/mol. The zero-order chi connectivity index (χ0) is 26.9. The highest BCUT2D eigenvalue weighted by atomic mass is 32.1. The molecule has 0 aliphatic heterocycles. The van der Waals surface area contributed by atoms with E-state index in [0.29, 0.717) is 28.5 Å². The van der Waals surface area contributed by atoms with Gasteiger partial charge >= 0.3 is 5.97 Å². The fourth-order valence-electron chi connectivity index (χ4n) is 3.69. The van der Waals surface area contributed by atoms with Crippen molar-refractivity contribution >= 4 is 34.3 Å². The Labute approximate surface area is 225 Å². The van der Waals surface area contributed by atoms with E-state index in [0.717, 1.165) is 16.7 Å². The summed E-state index contributed by atoms with van der Waals surface area (Å²) >= 11 is 1.21. The van der Waals surface area contributed by atoms with Crippen LogP contribution in [0, 0.1) is 18.3 Å². The summed E-state index contributed by atoms with van der Waals surface area (Å²) in [5.41, 5.74) is 4.49. The number of ether oxygens (including phenoxy) is 2. The van der Waals surface area contributed by atoms with Crippen LogP contribution in [-0.2, 0) is 16.1 Å². The molecule has 1 amide bonds. The molecule has 3 aromatic carbocycles. The van der Waals surface area contributed by atoms with Gasteiger partial charge in [-0.05, 0) is 48.7 Å². The first-order valence-corrected chi connectivity index (χ1v) is 12.9. The van der Waals surface area contributed by atoms with Crippen LogP contribution in [0.15, 0.2) is 89.8 Å². The molecule has 4 rings (SSSR count). The van der Waals surface area contributed by atoms with Crippen LogP contribution in [0.4, 0.5) is 5.00 Å². The van der Waals surface area contributed by atoms with Crippen molar-refractivity contribution in [1.82, 2.24) is 0 Å². The van der Waals surface area contributed by atoms with Gasteiger partial charge < -0.3 is 14.8 Å². The van der Waals surface area contributed by atoms with Crippen LogP contribution in [0.2, 0.25) is 0 Å². The molecule has 0 spiro atoms. The Morgan fingerprint density at radius 3 is 2.37 bits per heavy atom. The summed E-state index contributed by atoms with van der Waals surface area (Å²) < 4.78 is 11.1. The van der Waals surface area contributed by atoms with Gasteiger partial charge in [0.05, 0.1) is 6.61 Å². The molecule has 1 N–H and O–H groups in total. The molecule has 7 heteroatoms. The van der Waals surface area contributed by atoms with E-state index in [4.69, 9.17) is 9.47 Å². The number of nitrogens with one attached hydrogen (secondary N) is 1. The van der Waals surface area contributed by atoms with E-state index in [9.17, 15) is 14.9 Å². The van der Waals surface area contributed by atoms with E-state index < -0.39 is 11.9 Å². The maximum Gasteiger partial charge on any atom is 0.341 e. The van der Waals surface area contributed by atoms with Crippen molar-refractivity contribution in [3.63, 3.8) is 0 Å². The Kier molecular flexibility index (Phi) is 8.70. The lowest BCUT2D eigenvalue weighted by Crippen LogP contribution is -2.16. The smallest absolute Gasteiger partial charge is 0.341 e. The van der Waals surface area contributed by atoms with Crippen LogP contribution in [-0.4, -0.2) is 18.5 Å². The summed E-state index contributed by atoms with van der Waals surface area (Å²) in [6.45, 7) is 4.35. The molecule has 0 aliphatic carbocycles. The first-order valence-electron chi connectivity index (χ1n) is 12.0. The van der Waals surface area contributed by atoms with Gasteiger partial charge in [-0.2, -0.15) is 5.26 Å². The topological polar surface area (TPSA) is 88.4 Å². The van der Waals surface area contributed by atoms with Gasteiger partial charge in [0, 0.05) is 10.9 Å². The maximum atomic E-state index is 13.0. The summed E-state index contributed by atoms with van der Waals surface area (Å²) in [7, 11) is 0. The second-order valence-electron chi connectivity index (χ2n) is 8.41. The van der Waals surface area contributed by atoms with Gasteiger partial charge in [-0.3, -0.25) is 4.79 Å². The number of hydrogen-bond acceptors (Lipinski definition) is 6. The number of nitriles is 1. The van der Waals surface area contributed by atoms with Crippen molar-refractivity contribution in [2.45, 2.75) is 20.5 Å². The number of nitrogens with zero attached hydrogens (tertiary/aromatic N) is 1. The fourth-order valence-corrected chi connectivity index (χ4v) is 4.64. The van der Waals surface area contributed by atoms with Gasteiger partial charge in [0.2, 0.25) is 0 Å². The van der Waals surface area contributed by atoms with Crippen LogP contribution < -0.4 is 10.1 Å².